The van der Waals surface area contributed by atoms with Crippen molar-refractivity contribution in [2.24, 2.45) is 16.8 Å². The number of Topliss-reactive ketones (excluding diaryl/α,β-unsaturated/α-hetero) is 1. The monoisotopic (exact) mass is 1020 g/mol. The Kier molecular flexibility index (Phi) is 16.6. The second kappa shape index (κ2) is 23.6. The summed E-state index contributed by atoms with van der Waals surface area (Å²) in [5.74, 6) is -1.44. The van der Waals surface area contributed by atoms with E-state index in [2.05, 4.69) is 179 Å². The Hall–Kier alpha value is -7.47. The first-order valence-corrected chi connectivity index (χ1v) is 28.6. The van der Waals surface area contributed by atoms with Crippen LogP contribution in [0.3, 0.4) is 0 Å². The quantitative estimate of drug-likeness (QED) is 0.0659. The molecule has 0 fully saturated rings. The minimum atomic E-state index is -0.946. The van der Waals surface area contributed by atoms with Crippen molar-refractivity contribution in [3.63, 3.8) is 0 Å². The molecule has 2 N–H and O–H groups in total. The summed E-state index contributed by atoms with van der Waals surface area (Å²) in [5.41, 5.74) is 9.49. The Bertz CT molecular complexity index is 3460. The van der Waals surface area contributed by atoms with Crippen LogP contribution >= 0.6 is 7.92 Å². The number of ketones is 1. The second-order valence-electron chi connectivity index (χ2n) is 20.7. The standard InChI is InChI=1S/C68H70N3O4P/c1-9-13-15-47(11-3)67(74)69-61-41-51-37-55(71(53-27-17-43(5)18-28-53)54-29-19-44(6)20-30-54)31-25-49(51)39-59(61)63-65(72)64(66(63)73)60-40-50-26-36-58(38-52(50)42-62(60)70-68(75)48(12-4)16-14-10-2)76(56-32-21-45(7)22-33-56)57-34-23-46(8)24-35-57/h17-42,47-48,72H,9-16H2,1-8H3,(H,69,74)/b64-60+,70-62?. The van der Waals surface area contributed by atoms with Crippen LogP contribution in [0.15, 0.2) is 167 Å². The number of aryl methyl sites for hydroxylation is 4. The van der Waals surface area contributed by atoms with Gasteiger partial charge in [0.2, 0.25) is 17.6 Å². The average Bonchev–Trinajstić information content (AvgIpc) is 3.46. The van der Waals surface area contributed by atoms with Gasteiger partial charge in [0, 0.05) is 45.7 Å². The minimum absolute atomic E-state index is 0.102. The molecule has 2 amide bonds. The molecule has 7 aromatic rings. The van der Waals surface area contributed by atoms with Gasteiger partial charge in [0.25, 0.3) is 0 Å². The number of allylic oxidation sites excluding steroid dienone is 3. The Labute approximate surface area is 450 Å². The molecule has 2 aliphatic carbocycles. The Morgan fingerprint density at radius 2 is 1.09 bits per heavy atom. The van der Waals surface area contributed by atoms with E-state index in [1.807, 2.05) is 44.2 Å². The third-order valence-corrected chi connectivity index (χ3v) is 17.5. The van der Waals surface area contributed by atoms with Crippen molar-refractivity contribution >= 4 is 98.4 Å². The van der Waals surface area contributed by atoms with Gasteiger partial charge in [-0.05, 0) is 165 Å². The van der Waals surface area contributed by atoms with E-state index >= 15 is 4.79 Å². The molecule has 2 atom stereocenters. The van der Waals surface area contributed by atoms with E-state index in [-0.39, 0.29) is 46.3 Å². The van der Waals surface area contributed by atoms with Crippen LogP contribution in [0, 0.1) is 39.5 Å². The average molecular weight is 1020 g/mol. The fraction of sp³-hybridized carbons (Fsp3) is 0.265. The number of fused-ring (bicyclic) bond motifs is 2. The van der Waals surface area contributed by atoms with Crippen LogP contribution in [0.4, 0.5) is 22.7 Å². The van der Waals surface area contributed by atoms with Crippen molar-refractivity contribution in [2.45, 2.75) is 107 Å². The first-order chi connectivity index (χ1) is 36.8. The topological polar surface area (TPSA) is 99.1 Å². The number of nitrogens with zero attached hydrogens (tertiary/aromatic N) is 2. The second-order valence-corrected chi connectivity index (χ2v) is 22.9. The van der Waals surface area contributed by atoms with Gasteiger partial charge in [0.1, 0.15) is 5.76 Å². The van der Waals surface area contributed by atoms with E-state index < -0.39 is 7.92 Å². The Morgan fingerprint density at radius 1 is 0.566 bits per heavy atom. The van der Waals surface area contributed by atoms with Gasteiger partial charge in [-0.3, -0.25) is 14.4 Å². The van der Waals surface area contributed by atoms with Crippen LogP contribution < -0.4 is 36.6 Å². The van der Waals surface area contributed by atoms with Crippen molar-refractivity contribution in [2.75, 3.05) is 10.2 Å². The molecule has 0 aromatic heterocycles. The minimum Gasteiger partial charge on any atom is -0.506 e. The van der Waals surface area contributed by atoms with Crippen LogP contribution in [-0.4, -0.2) is 28.4 Å². The summed E-state index contributed by atoms with van der Waals surface area (Å²) >= 11 is 0. The van der Waals surface area contributed by atoms with E-state index in [0.717, 1.165) is 93.2 Å². The maximum absolute atomic E-state index is 15.1. The lowest BCUT2D eigenvalue weighted by atomic mass is 9.78. The number of aliphatic imine (C=N–C) groups is 1. The third kappa shape index (κ3) is 11.4. The number of rotatable bonds is 18. The molecule has 0 bridgehead atoms. The van der Waals surface area contributed by atoms with E-state index in [1.165, 1.54) is 21.7 Å². The van der Waals surface area contributed by atoms with Crippen molar-refractivity contribution in [1.29, 1.82) is 0 Å². The van der Waals surface area contributed by atoms with Crippen molar-refractivity contribution in [1.82, 2.24) is 0 Å². The maximum Gasteiger partial charge on any atom is 0.249 e. The van der Waals surface area contributed by atoms with Gasteiger partial charge >= 0.3 is 0 Å². The summed E-state index contributed by atoms with van der Waals surface area (Å²) in [6.07, 6.45) is 10.3. The fourth-order valence-electron chi connectivity index (χ4n) is 10.4. The van der Waals surface area contributed by atoms with Crippen LogP contribution in [-0.2, 0) is 14.4 Å². The molecule has 0 saturated heterocycles. The number of aliphatic hydroxyl groups excluding tert-OH is 1. The van der Waals surface area contributed by atoms with Gasteiger partial charge in [-0.1, -0.05) is 167 Å². The molecule has 2 unspecified atom stereocenters. The number of hydrogen-bond acceptors (Lipinski definition) is 5. The lowest BCUT2D eigenvalue weighted by molar-refractivity contribution is -0.122. The lowest BCUT2D eigenvalue weighted by Gasteiger charge is -2.28. The molecule has 0 aliphatic heterocycles. The highest BCUT2D eigenvalue weighted by Gasteiger charge is 2.40. The van der Waals surface area contributed by atoms with Gasteiger partial charge < -0.3 is 15.3 Å². The molecular weight excluding hydrogens is 954 g/mol. The molecule has 2 aliphatic rings. The molecule has 76 heavy (non-hydrogen) atoms. The molecule has 8 heteroatoms. The van der Waals surface area contributed by atoms with Gasteiger partial charge in [-0.25, -0.2) is 4.99 Å². The molecule has 7 aromatic carbocycles. The number of unbranched alkanes of at least 4 members (excludes halogenated alkanes) is 2. The van der Waals surface area contributed by atoms with Crippen molar-refractivity contribution in [3.05, 3.63) is 201 Å². The molecule has 0 radical (unpaired) electrons. The predicted octanol–water partition coefficient (Wildman–Crippen LogP) is 14.1. The highest BCUT2D eigenvalue weighted by atomic mass is 31.1. The SMILES string of the molecule is CCCCC(CC)C(=O)N=C1C=c2cc(P(c3ccc(C)cc3)c3ccc(C)cc3)ccc2=C/C1=C1\C(=O)C(c2cc3ccc(N(c4ccc(C)cc4)c4ccc(C)cc4)cc3cc2NC(=O)C(CC)CCCC)=C1O. The zero-order chi connectivity index (χ0) is 53.6. The number of nitrogens with one attached hydrogen (secondary N) is 1. The van der Waals surface area contributed by atoms with Crippen LogP contribution in [0.25, 0.3) is 28.5 Å². The summed E-state index contributed by atoms with van der Waals surface area (Å²) in [6, 6.07) is 50.9. The molecule has 0 spiro atoms. The molecule has 9 rings (SSSR count). The van der Waals surface area contributed by atoms with Gasteiger partial charge in [-0.2, -0.15) is 0 Å². The first kappa shape index (κ1) is 53.4. The largest absolute Gasteiger partial charge is 0.506 e. The zero-order valence-electron chi connectivity index (χ0n) is 45.3. The predicted molar refractivity (Wildman–Crippen MR) is 320 cm³/mol. The summed E-state index contributed by atoms with van der Waals surface area (Å²) in [7, 11) is -0.946. The highest BCUT2D eigenvalue weighted by molar-refractivity contribution is 7.79. The van der Waals surface area contributed by atoms with Crippen molar-refractivity contribution in [3.8, 4) is 0 Å². The van der Waals surface area contributed by atoms with Crippen LogP contribution in [0.1, 0.15) is 107 Å². The smallest absolute Gasteiger partial charge is 0.249 e. The number of aliphatic hydroxyl groups is 1. The summed E-state index contributed by atoms with van der Waals surface area (Å²) in [6.45, 7) is 16.6. The Morgan fingerprint density at radius 3 is 1.63 bits per heavy atom. The van der Waals surface area contributed by atoms with Crippen LogP contribution in [0.2, 0.25) is 0 Å². The number of anilines is 4. The Balaban J connectivity index is 1.20. The number of hydrogen-bond donors (Lipinski definition) is 2. The third-order valence-electron chi connectivity index (χ3n) is 15.1. The number of benzene rings is 7. The van der Waals surface area contributed by atoms with E-state index in [0.29, 0.717) is 35.4 Å². The van der Waals surface area contributed by atoms with E-state index in [9.17, 15) is 14.7 Å². The van der Waals surface area contributed by atoms with E-state index in [4.69, 9.17) is 4.99 Å². The van der Waals surface area contributed by atoms with Crippen LogP contribution in [0.5, 0.6) is 0 Å². The van der Waals surface area contributed by atoms with Gasteiger partial charge in [0.15, 0.2) is 0 Å². The number of amides is 2. The highest BCUT2D eigenvalue weighted by Crippen LogP contribution is 2.44. The number of carbonyl (C=O) groups is 3. The molecule has 386 valence electrons. The van der Waals surface area contributed by atoms with Crippen molar-refractivity contribution < 1.29 is 19.5 Å². The first-order valence-electron chi connectivity index (χ1n) is 27.2. The fourth-order valence-corrected chi connectivity index (χ4v) is 12.7. The summed E-state index contributed by atoms with van der Waals surface area (Å²) < 4.78 is 0. The maximum atomic E-state index is 15.1. The molecule has 0 heterocycles. The molecule has 0 saturated carbocycles. The number of carbonyl (C=O) groups excluding carboxylic acids is 3. The van der Waals surface area contributed by atoms with Gasteiger partial charge in [-0.15, -0.1) is 0 Å². The normalized spacial score (nSPS) is 15.5. The van der Waals surface area contributed by atoms with E-state index in [1.54, 1.807) is 0 Å². The molecular formula is C68H70N3O4P. The summed E-state index contributed by atoms with van der Waals surface area (Å²) in [5, 5.41) is 22.7. The van der Waals surface area contributed by atoms with Gasteiger partial charge in [0.05, 0.1) is 16.9 Å². The lowest BCUT2D eigenvalue weighted by Crippen LogP contribution is -2.36. The molecule has 7 nitrogen and oxygen atoms in total. The summed E-state index contributed by atoms with van der Waals surface area (Å²) in [4.78, 5) is 50.6. The zero-order valence-corrected chi connectivity index (χ0v) is 46.2.